The summed E-state index contributed by atoms with van der Waals surface area (Å²) >= 11 is 6.18. The maximum absolute atomic E-state index is 12.5. The second-order valence-electron chi connectivity index (χ2n) is 7.52. The first-order valence-corrected chi connectivity index (χ1v) is 11.5. The van der Waals surface area contributed by atoms with E-state index in [1.165, 1.54) is 6.26 Å². The predicted octanol–water partition coefficient (Wildman–Crippen LogP) is 4.36. The zero-order valence-electron chi connectivity index (χ0n) is 16.1. The molecule has 4 nitrogen and oxygen atoms in total. The second kappa shape index (κ2) is 9.59. The molecule has 7 heteroatoms. The van der Waals surface area contributed by atoms with Crippen molar-refractivity contribution in [2.75, 3.05) is 12.8 Å². The van der Waals surface area contributed by atoms with Crippen LogP contribution in [0.5, 0.6) is 0 Å². The Bertz CT molecular complexity index is 867. The summed E-state index contributed by atoms with van der Waals surface area (Å²) in [5.41, 5.74) is 8.21. The van der Waals surface area contributed by atoms with Crippen LogP contribution in [-0.4, -0.2) is 31.6 Å². The number of halogens is 2. The summed E-state index contributed by atoms with van der Waals surface area (Å²) < 4.78 is 26.6. The summed E-state index contributed by atoms with van der Waals surface area (Å²) in [4.78, 5) is 0. The molecule has 1 saturated carbocycles. The van der Waals surface area contributed by atoms with Crippen LogP contribution in [0.4, 0.5) is 0 Å². The normalized spacial score (nSPS) is 22.6. The third-order valence-electron chi connectivity index (χ3n) is 5.75. The van der Waals surface area contributed by atoms with Gasteiger partial charge >= 0.3 is 0 Å². The summed E-state index contributed by atoms with van der Waals surface area (Å²) in [5.74, 6) is 0. The van der Waals surface area contributed by atoms with Crippen LogP contribution in [0.3, 0.4) is 0 Å². The van der Waals surface area contributed by atoms with Crippen molar-refractivity contribution in [1.29, 1.82) is 0 Å². The van der Waals surface area contributed by atoms with Crippen LogP contribution in [-0.2, 0) is 22.0 Å². The third kappa shape index (κ3) is 5.28. The number of nitrogens with two attached hydrogens (primary N) is 1. The first kappa shape index (κ1) is 23.2. The zero-order valence-corrected chi connectivity index (χ0v) is 18.4. The Morgan fingerprint density at radius 2 is 1.75 bits per heavy atom. The van der Waals surface area contributed by atoms with Gasteiger partial charge in [0.1, 0.15) is 0 Å². The van der Waals surface area contributed by atoms with Gasteiger partial charge in [0.15, 0.2) is 0 Å². The van der Waals surface area contributed by atoms with E-state index < -0.39 is 10.0 Å². The SMILES string of the molecule is CS(=O)(=O)N(Cc1ccccc1)[C@H]1CC[C@](CN)(c2cccc(Cl)c2)CC1.Cl. The monoisotopic (exact) mass is 442 g/mol. The number of sulfonamides is 1. The minimum atomic E-state index is -3.30. The molecule has 0 saturated heterocycles. The fourth-order valence-electron chi connectivity index (χ4n) is 4.15. The third-order valence-corrected chi connectivity index (χ3v) is 7.27. The van der Waals surface area contributed by atoms with Gasteiger partial charge in [0.2, 0.25) is 10.0 Å². The van der Waals surface area contributed by atoms with Gasteiger partial charge in [-0.2, -0.15) is 4.31 Å². The maximum atomic E-state index is 12.5. The molecule has 0 bridgehead atoms. The summed E-state index contributed by atoms with van der Waals surface area (Å²) in [7, 11) is -3.30. The lowest BCUT2D eigenvalue weighted by molar-refractivity contribution is 0.189. The van der Waals surface area contributed by atoms with Crippen molar-refractivity contribution in [3.8, 4) is 0 Å². The lowest BCUT2D eigenvalue weighted by atomic mass is 9.68. The van der Waals surface area contributed by atoms with Crippen molar-refractivity contribution < 1.29 is 8.42 Å². The van der Waals surface area contributed by atoms with Gasteiger partial charge in [-0.05, 0) is 48.9 Å². The molecule has 0 unspecified atom stereocenters. The van der Waals surface area contributed by atoms with E-state index in [0.29, 0.717) is 18.1 Å². The van der Waals surface area contributed by atoms with Crippen LogP contribution < -0.4 is 5.73 Å². The molecule has 2 aromatic carbocycles. The molecular formula is C21H28Cl2N2O2S. The van der Waals surface area contributed by atoms with Crippen molar-refractivity contribution in [3.63, 3.8) is 0 Å². The molecule has 1 fully saturated rings. The van der Waals surface area contributed by atoms with Crippen molar-refractivity contribution in [1.82, 2.24) is 4.31 Å². The van der Waals surface area contributed by atoms with Gasteiger partial charge in [-0.3, -0.25) is 0 Å². The Morgan fingerprint density at radius 3 is 2.29 bits per heavy atom. The molecule has 0 aliphatic heterocycles. The molecule has 0 amide bonds. The molecule has 2 aromatic rings. The summed E-state index contributed by atoms with van der Waals surface area (Å²) in [6.07, 6.45) is 4.61. The van der Waals surface area contributed by atoms with Gasteiger partial charge in [0.05, 0.1) is 6.26 Å². The number of benzene rings is 2. The molecule has 154 valence electrons. The number of nitrogens with zero attached hydrogens (tertiary/aromatic N) is 1. The average molecular weight is 443 g/mol. The summed E-state index contributed by atoms with van der Waals surface area (Å²) in [6, 6.07) is 17.7. The van der Waals surface area contributed by atoms with Crippen LogP contribution >= 0.6 is 24.0 Å². The number of rotatable bonds is 6. The van der Waals surface area contributed by atoms with Crippen molar-refractivity contribution >= 4 is 34.0 Å². The average Bonchev–Trinajstić information content (AvgIpc) is 2.66. The second-order valence-corrected chi connectivity index (χ2v) is 9.89. The fraction of sp³-hybridized carbons (Fsp3) is 0.429. The molecule has 1 aliphatic carbocycles. The van der Waals surface area contributed by atoms with Gasteiger partial charge in [-0.25, -0.2) is 8.42 Å². The fourth-order valence-corrected chi connectivity index (χ4v) is 5.48. The smallest absolute Gasteiger partial charge is 0.211 e. The molecule has 3 rings (SSSR count). The highest BCUT2D eigenvalue weighted by atomic mass is 35.5. The van der Waals surface area contributed by atoms with Crippen LogP contribution in [0.15, 0.2) is 54.6 Å². The van der Waals surface area contributed by atoms with Crippen molar-refractivity contribution in [2.24, 2.45) is 5.73 Å². The Labute approximate surface area is 179 Å². The molecule has 0 heterocycles. The quantitative estimate of drug-likeness (QED) is 0.722. The van der Waals surface area contributed by atoms with Gasteiger partial charge in [0.25, 0.3) is 0 Å². The Kier molecular flexibility index (Phi) is 7.94. The first-order valence-electron chi connectivity index (χ1n) is 9.31. The van der Waals surface area contributed by atoms with Crippen molar-refractivity contribution in [3.05, 3.63) is 70.7 Å². The molecule has 0 aromatic heterocycles. The molecule has 28 heavy (non-hydrogen) atoms. The number of hydrogen-bond donors (Lipinski definition) is 1. The minimum Gasteiger partial charge on any atom is -0.330 e. The highest BCUT2D eigenvalue weighted by Gasteiger charge is 2.39. The van der Waals surface area contributed by atoms with Crippen LogP contribution in [0, 0.1) is 0 Å². The van der Waals surface area contributed by atoms with Gasteiger partial charge in [0, 0.05) is 29.6 Å². The zero-order chi connectivity index (χ0) is 19.5. The van der Waals surface area contributed by atoms with E-state index in [9.17, 15) is 8.42 Å². The van der Waals surface area contributed by atoms with E-state index in [0.717, 1.165) is 36.8 Å². The summed E-state index contributed by atoms with van der Waals surface area (Å²) in [5, 5.41) is 0.712. The molecule has 0 atom stereocenters. The Morgan fingerprint density at radius 1 is 1.11 bits per heavy atom. The number of hydrogen-bond acceptors (Lipinski definition) is 3. The lowest BCUT2D eigenvalue weighted by Crippen LogP contribution is -2.47. The first-order chi connectivity index (χ1) is 12.8. The van der Waals surface area contributed by atoms with Crippen LogP contribution in [0.25, 0.3) is 0 Å². The summed E-state index contributed by atoms with van der Waals surface area (Å²) in [6.45, 7) is 0.953. The topological polar surface area (TPSA) is 63.4 Å². The maximum Gasteiger partial charge on any atom is 0.211 e. The van der Waals surface area contributed by atoms with Gasteiger partial charge in [-0.1, -0.05) is 54.1 Å². The highest BCUT2D eigenvalue weighted by Crippen LogP contribution is 2.41. The highest BCUT2D eigenvalue weighted by molar-refractivity contribution is 7.88. The minimum absolute atomic E-state index is 0. The molecule has 2 N–H and O–H groups in total. The van der Waals surface area contributed by atoms with Crippen molar-refractivity contribution in [2.45, 2.75) is 43.7 Å². The van der Waals surface area contributed by atoms with Crippen LogP contribution in [0.1, 0.15) is 36.8 Å². The van der Waals surface area contributed by atoms with E-state index in [1.54, 1.807) is 4.31 Å². The van der Waals surface area contributed by atoms with Gasteiger partial charge < -0.3 is 5.73 Å². The molecule has 0 radical (unpaired) electrons. The van der Waals surface area contributed by atoms with E-state index in [2.05, 4.69) is 6.07 Å². The predicted molar refractivity (Wildman–Crippen MR) is 119 cm³/mol. The standard InChI is InChI=1S/C21H27ClN2O2S.ClH/c1-27(25,26)24(15-17-6-3-2-4-7-17)20-10-12-21(16-23,13-11-20)18-8-5-9-19(22)14-18;/h2-9,14,20H,10-13,15-16,23H2,1H3;1H/t20-,21-;. The lowest BCUT2D eigenvalue weighted by Gasteiger charge is -2.43. The van der Waals surface area contributed by atoms with Gasteiger partial charge in [-0.15, -0.1) is 12.4 Å². The molecular weight excluding hydrogens is 415 g/mol. The molecule has 0 spiro atoms. The Hall–Kier alpha value is -1.11. The molecule has 1 aliphatic rings. The van der Waals surface area contributed by atoms with Crippen LogP contribution in [0.2, 0.25) is 5.02 Å². The van der Waals surface area contributed by atoms with E-state index in [-0.39, 0.29) is 23.9 Å². The largest absolute Gasteiger partial charge is 0.330 e. The van der Waals surface area contributed by atoms with E-state index in [1.807, 2.05) is 48.5 Å². The Balaban J connectivity index is 0.00000280. The van der Waals surface area contributed by atoms with E-state index in [4.69, 9.17) is 17.3 Å². The van der Waals surface area contributed by atoms with E-state index >= 15 is 0 Å².